The van der Waals surface area contributed by atoms with Crippen LogP contribution in [0.1, 0.15) is 29.7 Å². The monoisotopic (exact) mass is 209 g/mol. The molecule has 1 fully saturated rings. The van der Waals surface area contributed by atoms with Crippen molar-refractivity contribution in [3.63, 3.8) is 0 Å². The predicted molar refractivity (Wildman–Crippen MR) is 58.2 cm³/mol. The Balaban J connectivity index is 1.82. The maximum Gasteiger partial charge on any atom is 0.223 e. The highest BCUT2D eigenvalue weighted by molar-refractivity contribution is 7.10. The summed E-state index contributed by atoms with van der Waals surface area (Å²) in [6, 6.07) is 2.09. The average Bonchev–Trinajstić information content (AvgIpc) is 2.44. The smallest absolute Gasteiger partial charge is 0.223 e. The van der Waals surface area contributed by atoms with Crippen LogP contribution in [0.5, 0.6) is 0 Å². The Bertz CT molecular complexity index is 328. The molecule has 1 heterocycles. The van der Waals surface area contributed by atoms with Gasteiger partial charge in [-0.15, -0.1) is 11.3 Å². The second kappa shape index (κ2) is 4.13. The molecule has 0 saturated heterocycles. The largest absolute Gasteiger partial charge is 0.351 e. The Morgan fingerprint density at radius 2 is 2.43 bits per heavy atom. The lowest BCUT2D eigenvalue weighted by atomic mass is 9.85. The minimum Gasteiger partial charge on any atom is -0.351 e. The first-order chi connectivity index (χ1) is 6.77. The van der Waals surface area contributed by atoms with Crippen molar-refractivity contribution in [2.45, 2.75) is 32.7 Å². The number of amides is 1. The van der Waals surface area contributed by atoms with Gasteiger partial charge >= 0.3 is 0 Å². The molecule has 1 aliphatic rings. The first-order valence-electron chi connectivity index (χ1n) is 5.08. The van der Waals surface area contributed by atoms with Gasteiger partial charge in [-0.2, -0.15) is 0 Å². The molecule has 0 spiro atoms. The van der Waals surface area contributed by atoms with Crippen LogP contribution in [0.15, 0.2) is 11.4 Å². The van der Waals surface area contributed by atoms with E-state index in [0.29, 0.717) is 12.5 Å². The highest BCUT2D eigenvalue weighted by Gasteiger charge is 2.24. The van der Waals surface area contributed by atoms with Gasteiger partial charge in [-0.3, -0.25) is 4.79 Å². The third-order valence-corrected chi connectivity index (χ3v) is 3.89. The van der Waals surface area contributed by atoms with E-state index in [1.54, 1.807) is 11.3 Å². The Hall–Kier alpha value is -0.830. The minimum atomic E-state index is 0.240. The van der Waals surface area contributed by atoms with E-state index in [0.717, 1.165) is 12.8 Å². The minimum absolute atomic E-state index is 0.240. The topological polar surface area (TPSA) is 29.1 Å². The summed E-state index contributed by atoms with van der Waals surface area (Å²) < 4.78 is 0. The van der Waals surface area contributed by atoms with Crippen LogP contribution in [-0.4, -0.2) is 5.91 Å². The molecule has 2 rings (SSSR count). The van der Waals surface area contributed by atoms with Gasteiger partial charge in [0.1, 0.15) is 0 Å². The molecule has 14 heavy (non-hydrogen) atoms. The molecule has 3 heteroatoms. The molecule has 1 N–H and O–H groups in total. The SMILES string of the molecule is Cc1ccsc1CNC(=O)C1CCC1. The molecule has 1 amide bonds. The number of thiophene rings is 1. The molecular weight excluding hydrogens is 194 g/mol. The van der Waals surface area contributed by atoms with Gasteiger partial charge in [0.2, 0.25) is 5.91 Å². The maximum absolute atomic E-state index is 11.5. The van der Waals surface area contributed by atoms with Gasteiger partial charge in [0.05, 0.1) is 6.54 Å². The fourth-order valence-corrected chi connectivity index (χ4v) is 2.41. The predicted octanol–water partition coefficient (Wildman–Crippen LogP) is 2.47. The van der Waals surface area contributed by atoms with Crippen LogP contribution >= 0.6 is 11.3 Å². The zero-order valence-electron chi connectivity index (χ0n) is 8.38. The van der Waals surface area contributed by atoms with E-state index in [1.807, 2.05) is 0 Å². The molecule has 2 nitrogen and oxygen atoms in total. The molecule has 1 aliphatic carbocycles. The van der Waals surface area contributed by atoms with Gasteiger partial charge in [0.25, 0.3) is 0 Å². The summed E-state index contributed by atoms with van der Waals surface area (Å²) in [5, 5.41) is 5.07. The quantitative estimate of drug-likeness (QED) is 0.814. The third-order valence-electron chi connectivity index (χ3n) is 2.87. The zero-order valence-corrected chi connectivity index (χ0v) is 9.19. The molecular formula is C11H15NOS. The van der Waals surface area contributed by atoms with Gasteiger partial charge < -0.3 is 5.32 Å². The number of carbonyl (C=O) groups is 1. The highest BCUT2D eigenvalue weighted by Crippen LogP contribution is 2.26. The standard InChI is InChI=1S/C11H15NOS/c1-8-5-6-14-10(8)7-12-11(13)9-3-2-4-9/h5-6,9H,2-4,7H2,1H3,(H,12,13). The number of nitrogens with one attached hydrogen (secondary N) is 1. The van der Waals surface area contributed by atoms with Crippen LogP contribution in [0, 0.1) is 12.8 Å². The summed E-state index contributed by atoms with van der Waals surface area (Å²) >= 11 is 1.71. The van der Waals surface area contributed by atoms with Crippen LogP contribution in [0.2, 0.25) is 0 Å². The molecule has 0 aliphatic heterocycles. The average molecular weight is 209 g/mol. The molecule has 76 valence electrons. The van der Waals surface area contributed by atoms with Gasteiger partial charge in [0.15, 0.2) is 0 Å². The summed E-state index contributed by atoms with van der Waals surface area (Å²) in [7, 11) is 0. The normalized spacial score (nSPS) is 16.4. The van der Waals surface area contributed by atoms with E-state index in [-0.39, 0.29) is 5.91 Å². The Kier molecular flexibility index (Phi) is 2.87. The summed E-state index contributed by atoms with van der Waals surface area (Å²) in [6.07, 6.45) is 3.38. The molecule has 1 aromatic heterocycles. The molecule has 0 unspecified atom stereocenters. The van der Waals surface area contributed by atoms with Gasteiger partial charge in [-0.25, -0.2) is 0 Å². The third kappa shape index (κ3) is 1.98. The van der Waals surface area contributed by atoms with Crippen LogP contribution in [-0.2, 0) is 11.3 Å². The second-order valence-corrected chi connectivity index (χ2v) is 4.87. The molecule has 0 aromatic carbocycles. The van der Waals surface area contributed by atoms with Crippen LogP contribution in [0.3, 0.4) is 0 Å². The number of carbonyl (C=O) groups excluding carboxylic acids is 1. The Morgan fingerprint density at radius 3 is 2.93 bits per heavy atom. The Labute approximate surface area is 88.3 Å². The Morgan fingerprint density at radius 1 is 1.64 bits per heavy atom. The van der Waals surface area contributed by atoms with Crippen molar-refractivity contribution in [1.29, 1.82) is 0 Å². The highest BCUT2D eigenvalue weighted by atomic mass is 32.1. The first-order valence-corrected chi connectivity index (χ1v) is 5.96. The summed E-state index contributed by atoms with van der Waals surface area (Å²) in [6.45, 7) is 2.79. The van der Waals surface area contributed by atoms with Gasteiger partial charge in [-0.1, -0.05) is 6.42 Å². The number of aryl methyl sites for hydroxylation is 1. The van der Waals surface area contributed by atoms with E-state index in [2.05, 4.69) is 23.7 Å². The lowest BCUT2D eigenvalue weighted by molar-refractivity contribution is -0.127. The number of hydrogen-bond donors (Lipinski definition) is 1. The van der Waals surface area contributed by atoms with Crippen molar-refractivity contribution in [3.05, 3.63) is 21.9 Å². The van der Waals surface area contributed by atoms with Gasteiger partial charge in [0, 0.05) is 10.8 Å². The van der Waals surface area contributed by atoms with Crippen molar-refractivity contribution < 1.29 is 4.79 Å². The zero-order chi connectivity index (χ0) is 9.97. The first kappa shape index (κ1) is 9.71. The van der Waals surface area contributed by atoms with E-state index in [4.69, 9.17) is 0 Å². The summed E-state index contributed by atoms with van der Waals surface area (Å²) in [4.78, 5) is 12.8. The number of hydrogen-bond acceptors (Lipinski definition) is 2. The van der Waals surface area contributed by atoms with E-state index < -0.39 is 0 Å². The molecule has 1 saturated carbocycles. The summed E-state index contributed by atoms with van der Waals surface area (Å²) in [5.74, 6) is 0.541. The molecule has 0 radical (unpaired) electrons. The molecule has 1 aromatic rings. The lowest BCUT2D eigenvalue weighted by Crippen LogP contribution is -2.33. The van der Waals surface area contributed by atoms with Crippen LogP contribution in [0.25, 0.3) is 0 Å². The van der Waals surface area contributed by atoms with Crippen LogP contribution < -0.4 is 5.32 Å². The van der Waals surface area contributed by atoms with E-state index in [1.165, 1.54) is 16.9 Å². The summed E-state index contributed by atoms with van der Waals surface area (Å²) in [5.41, 5.74) is 1.28. The maximum atomic E-state index is 11.5. The fraction of sp³-hybridized carbons (Fsp3) is 0.545. The fourth-order valence-electron chi connectivity index (χ4n) is 1.57. The second-order valence-electron chi connectivity index (χ2n) is 3.87. The van der Waals surface area contributed by atoms with Crippen molar-refractivity contribution >= 4 is 17.2 Å². The van der Waals surface area contributed by atoms with Crippen LogP contribution in [0.4, 0.5) is 0 Å². The number of rotatable bonds is 3. The molecule has 0 atom stereocenters. The van der Waals surface area contributed by atoms with Crippen molar-refractivity contribution in [2.75, 3.05) is 0 Å². The van der Waals surface area contributed by atoms with E-state index in [9.17, 15) is 4.79 Å². The van der Waals surface area contributed by atoms with Crippen molar-refractivity contribution in [1.82, 2.24) is 5.32 Å². The van der Waals surface area contributed by atoms with Crippen molar-refractivity contribution in [2.24, 2.45) is 5.92 Å². The van der Waals surface area contributed by atoms with Gasteiger partial charge in [-0.05, 0) is 36.8 Å². The van der Waals surface area contributed by atoms with E-state index >= 15 is 0 Å². The lowest BCUT2D eigenvalue weighted by Gasteiger charge is -2.23. The molecule has 0 bridgehead atoms. The van der Waals surface area contributed by atoms with Crippen molar-refractivity contribution in [3.8, 4) is 0 Å².